The molecule has 0 saturated carbocycles. The van der Waals surface area contributed by atoms with Crippen molar-refractivity contribution in [3.8, 4) is 0 Å². The van der Waals surface area contributed by atoms with E-state index in [4.69, 9.17) is 4.84 Å². The van der Waals surface area contributed by atoms with Gasteiger partial charge in [0.05, 0.1) is 0 Å². The molecule has 0 aliphatic heterocycles. The van der Waals surface area contributed by atoms with E-state index in [1.54, 1.807) is 7.05 Å². The molecular weight excluding hydrogens is 138 g/mol. The molecule has 0 aromatic carbocycles. The van der Waals surface area contributed by atoms with Crippen LogP contribution in [0.4, 0.5) is 0 Å². The Hall–Kier alpha value is -0.500. The molecule has 0 bridgehead atoms. The van der Waals surface area contributed by atoms with Crippen LogP contribution < -0.4 is 5.48 Å². The first-order valence-corrected chi connectivity index (χ1v) is 4.23. The number of hydrogen-bond donors (Lipinski definition) is 1. The lowest BCUT2D eigenvalue weighted by atomic mass is 10.1. The van der Waals surface area contributed by atoms with Gasteiger partial charge >= 0.3 is 0 Å². The Balaban J connectivity index is 3.70. The summed E-state index contributed by atoms with van der Waals surface area (Å²) in [5, 5.41) is 0. The van der Waals surface area contributed by atoms with Crippen LogP contribution in [0.15, 0.2) is 11.8 Å². The van der Waals surface area contributed by atoms with Gasteiger partial charge in [0, 0.05) is 13.5 Å². The fourth-order valence-electron chi connectivity index (χ4n) is 0.756. The average molecular weight is 157 g/mol. The Bertz CT molecular complexity index is 119. The van der Waals surface area contributed by atoms with E-state index in [-0.39, 0.29) is 0 Å². The molecule has 0 amide bonds. The van der Waals surface area contributed by atoms with Crippen molar-refractivity contribution >= 4 is 0 Å². The van der Waals surface area contributed by atoms with Gasteiger partial charge in [0.15, 0.2) is 0 Å². The molecular formula is C9H19NO. The second-order valence-corrected chi connectivity index (χ2v) is 2.96. The molecule has 1 N–H and O–H groups in total. The molecule has 0 spiro atoms. The Kier molecular flexibility index (Phi) is 5.94. The van der Waals surface area contributed by atoms with E-state index in [1.165, 1.54) is 0 Å². The summed E-state index contributed by atoms with van der Waals surface area (Å²) in [6, 6.07) is 0. The molecule has 2 heteroatoms. The minimum absolute atomic E-state index is 0.706. The molecule has 0 radical (unpaired) electrons. The van der Waals surface area contributed by atoms with Gasteiger partial charge in [-0.05, 0) is 18.4 Å². The van der Waals surface area contributed by atoms with Gasteiger partial charge in [-0.25, -0.2) is 0 Å². The zero-order valence-corrected chi connectivity index (χ0v) is 7.98. The third kappa shape index (κ3) is 5.92. The van der Waals surface area contributed by atoms with E-state index in [0.29, 0.717) is 5.92 Å². The average Bonchev–Trinajstić information content (AvgIpc) is 1.97. The van der Waals surface area contributed by atoms with Crippen LogP contribution >= 0.6 is 0 Å². The summed E-state index contributed by atoms with van der Waals surface area (Å²) in [5.41, 5.74) is 2.67. The van der Waals surface area contributed by atoms with Crippen LogP contribution in [0.3, 0.4) is 0 Å². The molecule has 0 aliphatic rings. The van der Waals surface area contributed by atoms with Crippen LogP contribution in [0, 0.1) is 5.92 Å². The van der Waals surface area contributed by atoms with Crippen molar-refractivity contribution in [3.05, 3.63) is 11.8 Å². The highest BCUT2D eigenvalue weighted by Crippen LogP contribution is 2.07. The first-order chi connectivity index (χ1) is 5.20. The van der Waals surface area contributed by atoms with Crippen molar-refractivity contribution < 1.29 is 4.84 Å². The van der Waals surface area contributed by atoms with E-state index in [9.17, 15) is 0 Å². The molecule has 0 unspecified atom stereocenters. The number of rotatable bonds is 5. The lowest BCUT2D eigenvalue weighted by Gasteiger charge is -2.06. The number of nitrogens with one attached hydrogen (secondary N) is 1. The quantitative estimate of drug-likeness (QED) is 0.489. The van der Waals surface area contributed by atoms with Crippen molar-refractivity contribution in [2.75, 3.05) is 7.05 Å². The maximum absolute atomic E-state index is 5.15. The predicted molar refractivity (Wildman–Crippen MR) is 48.0 cm³/mol. The first-order valence-electron chi connectivity index (χ1n) is 4.23. The zero-order chi connectivity index (χ0) is 8.69. The minimum atomic E-state index is 0.706. The highest BCUT2D eigenvalue weighted by Gasteiger charge is 1.94. The summed E-state index contributed by atoms with van der Waals surface area (Å²) in [4.78, 5) is 5.15. The van der Waals surface area contributed by atoms with E-state index in [1.807, 2.05) is 0 Å². The molecule has 0 aliphatic carbocycles. The summed E-state index contributed by atoms with van der Waals surface area (Å²) < 4.78 is 0. The van der Waals surface area contributed by atoms with Crippen LogP contribution in [0.2, 0.25) is 0 Å². The predicted octanol–water partition coefficient (Wildman–Crippen LogP) is 2.48. The first kappa shape index (κ1) is 10.5. The van der Waals surface area contributed by atoms with Crippen LogP contribution in [-0.4, -0.2) is 7.05 Å². The van der Waals surface area contributed by atoms with Crippen LogP contribution in [0.5, 0.6) is 0 Å². The summed E-state index contributed by atoms with van der Waals surface area (Å²) in [7, 11) is 1.78. The lowest BCUT2D eigenvalue weighted by Crippen LogP contribution is -2.06. The smallest absolute Gasteiger partial charge is 0.120 e. The maximum Gasteiger partial charge on any atom is 0.120 e. The standard InChI is InChI=1S/C9H19NO/c1-5-9(11-10-4)7-6-8(2)3/h7-8,10H,5-6H2,1-4H3. The second kappa shape index (κ2) is 6.23. The number of allylic oxidation sites excluding steroid dienone is 2. The molecule has 0 atom stereocenters. The molecule has 2 nitrogen and oxygen atoms in total. The normalized spacial score (nSPS) is 12.3. The third-order valence-corrected chi connectivity index (χ3v) is 1.40. The summed E-state index contributed by atoms with van der Waals surface area (Å²) >= 11 is 0. The van der Waals surface area contributed by atoms with Crippen LogP contribution in [0.25, 0.3) is 0 Å². The van der Waals surface area contributed by atoms with Gasteiger partial charge in [0.2, 0.25) is 0 Å². The molecule has 0 saturated heterocycles. The maximum atomic E-state index is 5.15. The summed E-state index contributed by atoms with van der Waals surface area (Å²) in [5.74, 6) is 1.73. The van der Waals surface area contributed by atoms with Crippen molar-refractivity contribution in [1.29, 1.82) is 0 Å². The van der Waals surface area contributed by atoms with Gasteiger partial charge in [0.25, 0.3) is 0 Å². The molecule has 0 heterocycles. The Morgan fingerprint density at radius 3 is 2.55 bits per heavy atom. The van der Waals surface area contributed by atoms with Gasteiger partial charge in [-0.2, -0.15) is 5.48 Å². The fraction of sp³-hybridized carbons (Fsp3) is 0.778. The number of hydroxylamine groups is 1. The van der Waals surface area contributed by atoms with E-state index >= 15 is 0 Å². The zero-order valence-electron chi connectivity index (χ0n) is 7.98. The molecule has 0 aromatic rings. The van der Waals surface area contributed by atoms with E-state index < -0.39 is 0 Å². The van der Waals surface area contributed by atoms with Gasteiger partial charge < -0.3 is 4.84 Å². The van der Waals surface area contributed by atoms with Crippen molar-refractivity contribution in [3.63, 3.8) is 0 Å². The lowest BCUT2D eigenvalue weighted by molar-refractivity contribution is 0.119. The van der Waals surface area contributed by atoms with Gasteiger partial charge in [-0.15, -0.1) is 0 Å². The van der Waals surface area contributed by atoms with Crippen LogP contribution in [0.1, 0.15) is 33.6 Å². The second-order valence-electron chi connectivity index (χ2n) is 2.96. The molecule has 0 rings (SSSR count). The highest BCUT2D eigenvalue weighted by atomic mass is 16.6. The van der Waals surface area contributed by atoms with Crippen LogP contribution in [-0.2, 0) is 4.84 Å². The highest BCUT2D eigenvalue weighted by molar-refractivity contribution is 4.91. The Labute approximate surface area is 69.6 Å². The monoisotopic (exact) mass is 157 g/mol. The van der Waals surface area contributed by atoms with Crippen molar-refractivity contribution in [2.24, 2.45) is 5.92 Å². The molecule has 0 aromatic heterocycles. The summed E-state index contributed by atoms with van der Waals surface area (Å²) in [6.45, 7) is 6.48. The van der Waals surface area contributed by atoms with Crippen molar-refractivity contribution in [2.45, 2.75) is 33.6 Å². The summed E-state index contributed by atoms with van der Waals surface area (Å²) in [6.07, 6.45) is 4.18. The fourth-order valence-corrected chi connectivity index (χ4v) is 0.756. The van der Waals surface area contributed by atoms with Crippen molar-refractivity contribution in [1.82, 2.24) is 5.48 Å². The van der Waals surface area contributed by atoms with E-state index in [2.05, 4.69) is 32.3 Å². The van der Waals surface area contributed by atoms with Gasteiger partial charge in [-0.3, -0.25) is 0 Å². The third-order valence-electron chi connectivity index (χ3n) is 1.40. The largest absolute Gasteiger partial charge is 0.414 e. The van der Waals surface area contributed by atoms with E-state index in [0.717, 1.165) is 18.6 Å². The molecule has 66 valence electrons. The molecule has 11 heavy (non-hydrogen) atoms. The topological polar surface area (TPSA) is 21.3 Å². The molecule has 0 fully saturated rings. The Morgan fingerprint density at radius 1 is 1.55 bits per heavy atom. The minimum Gasteiger partial charge on any atom is -0.414 e. The SMILES string of the molecule is CCC(=CCC(C)C)ONC. The van der Waals surface area contributed by atoms with Gasteiger partial charge in [-0.1, -0.05) is 20.8 Å². The number of hydrogen-bond acceptors (Lipinski definition) is 2. The van der Waals surface area contributed by atoms with Gasteiger partial charge in [0.1, 0.15) is 5.76 Å². The Morgan fingerprint density at radius 2 is 2.18 bits per heavy atom.